The SMILES string of the molecule is CNCc1ccc(F)cc1-c1ncc(C(C)c2cc(=O)n(-c3ccccc3F)nc2C(N)=O)s1. The van der Waals surface area contributed by atoms with Gasteiger partial charge in [-0.2, -0.15) is 9.78 Å². The fourth-order valence-corrected chi connectivity index (χ4v) is 4.68. The van der Waals surface area contributed by atoms with Crippen LogP contribution in [0.3, 0.4) is 0 Å². The fraction of sp³-hybridized carbons (Fsp3) is 0.167. The molecule has 0 aliphatic rings. The van der Waals surface area contributed by atoms with Gasteiger partial charge in [-0.25, -0.2) is 13.8 Å². The third kappa shape index (κ3) is 4.50. The molecule has 3 N–H and O–H groups in total. The number of nitrogens with two attached hydrogens (primary N) is 1. The van der Waals surface area contributed by atoms with Gasteiger partial charge < -0.3 is 11.1 Å². The Morgan fingerprint density at radius 3 is 2.68 bits per heavy atom. The number of para-hydroxylation sites is 1. The first-order valence-electron chi connectivity index (χ1n) is 10.4. The van der Waals surface area contributed by atoms with Crippen LogP contribution in [0.4, 0.5) is 8.78 Å². The van der Waals surface area contributed by atoms with E-state index in [9.17, 15) is 18.4 Å². The Hall–Kier alpha value is -3.76. The molecule has 0 saturated carbocycles. The first kappa shape index (κ1) is 23.4. The van der Waals surface area contributed by atoms with Crippen molar-refractivity contribution in [3.63, 3.8) is 0 Å². The van der Waals surface area contributed by atoms with Crippen LogP contribution in [0.15, 0.2) is 59.5 Å². The Labute approximate surface area is 197 Å². The van der Waals surface area contributed by atoms with Gasteiger partial charge in [0.25, 0.3) is 11.5 Å². The predicted molar refractivity (Wildman–Crippen MR) is 126 cm³/mol. The number of aromatic nitrogens is 3. The lowest BCUT2D eigenvalue weighted by Crippen LogP contribution is -2.28. The molecule has 2 aromatic carbocycles. The van der Waals surface area contributed by atoms with Crippen molar-refractivity contribution in [3.8, 4) is 16.3 Å². The summed E-state index contributed by atoms with van der Waals surface area (Å²) in [5.74, 6) is -2.35. The van der Waals surface area contributed by atoms with Crippen molar-refractivity contribution < 1.29 is 13.6 Å². The van der Waals surface area contributed by atoms with Gasteiger partial charge in [-0.1, -0.05) is 25.1 Å². The van der Waals surface area contributed by atoms with Crippen LogP contribution >= 0.6 is 11.3 Å². The second-order valence-electron chi connectivity index (χ2n) is 7.64. The Morgan fingerprint density at radius 1 is 1.21 bits per heavy atom. The molecule has 0 aliphatic heterocycles. The van der Waals surface area contributed by atoms with E-state index in [0.717, 1.165) is 15.1 Å². The molecule has 0 radical (unpaired) electrons. The third-order valence-corrected chi connectivity index (χ3v) is 6.57. The summed E-state index contributed by atoms with van der Waals surface area (Å²) in [5.41, 5.74) is 6.55. The van der Waals surface area contributed by atoms with Gasteiger partial charge in [0.05, 0.1) is 0 Å². The Balaban J connectivity index is 1.77. The number of nitrogens with one attached hydrogen (secondary N) is 1. The Morgan fingerprint density at radius 2 is 1.97 bits per heavy atom. The van der Waals surface area contributed by atoms with Crippen LogP contribution in [-0.2, 0) is 6.54 Å². The second-order valence-corrected chi connectivity index (χ2v) is 8.70. The van der Waals surface area contributed by atoms with Crippen molar-refractivity contribution in [2.75, 3.05) is 7.05 Å². The van der Waals surface area contributed by atoms with E-state index in [-0.39, 0.29) is 17.2 Å². The standard InChI is InChI=1S/C24H21F2N5O2S/c1-13(20-12-29-24(34-20)17-9-15(25)8-7-14(17)11-28-2)16-10-21(32)31(30-22(16)23(27)33)19-6-4-3-5-18(19)26/h3-10,12-13,28H,11H2,1-2H3,(H2,27,33). The average Bonchev–Trinajstić information content (AvgIpc) is 3.30. The smallest absolute Gasteiger partial charge is 0.271 e. The molecule has 1 atom stereocenters. The highest BCUT2D eigenvalue weighted by Crippen LogP contribution is 2.35. The molecule has 34 heavy (non-hydrogen) atoms. The maximum atomic E-state index is 14.2. The highest BCUT2D eigenvalue weighted by molar-refractivity contribution is 7.15. The minimum absolute atomic E-state index is 0.0857. The van der Waals surface area contributed by atoms with E-state index in [2.05, 4.69) is 15.4 Å². The lowest BCUT2D eigenvalue weighted by atomic mass is 9.98. The first-order valence-corrected chi connectivity index (χ1v) is 11.2. The second kappa shape index (κ2) is 9.62. The topological polar surface area (TPSA) is 103 Å². The van der Waals surface area contributed by atoms with Gasteiger partial charge in [0.15, 0.2) is 5.69 Å². The summed E-state index contributed by atoms with van der Waals surface area (Å²) in [6.07, 6.45) is 1.62. The number of halogens is 2. The molecule has 0 saturated heterocycles. The number of benzene rings is 2. The normalized spacial score (nSPS) is 12.0. The average molecular weight is 482 g/mol. The van der Waals surface area contributed by atoms with Crippen molar-refractivity contribution in [3.05, 3.63) is 98.4 Å². The highest BCUT2D eigenvalue weighted by Gasteiger charge is 2.23. The number of carbonyl (C=O) groups is 1. The zero-order valence-corrected chi connectivity index (χ0v) is 19.2. The number of carbonyl (C=O) groups excluding carboxylic acids is 1. The van der Waals surface area contributed by atoms with E-state index in [0.29, 0.717) is 22.7 Å². The summed E-state index contributed by atoms with van der Waals surface area (Å²) in [7, 11) is 1.80. The molecular weight excluding hydrogens is 460 g/mol. The molecule has 0 aliphatic carbocycles. The van der Waals surface area contributed by atoms with Crippen LogP contribution in [0, 0.1) is 11.6 Å². The Bertz CT molecular complexity index is 1430. The maximum absolute atomic E-state index is 14.2. The molecule has 10 heteroatoms. The van der Waals surface area contributed by atoms with Crippen LogP contribution in [0.25, 0.3) is 16.3 Å². The zero-order valence-electron chi connectivity index (χ0n) is 18.4. The fourth-order valence-electron chi connectivity index (χ4n) is 3.64. The van der Waals surface area contributed by atoms with E-state index >= 15 is 0 Å². The first-order chi connectivity index (χ1) is 16.3. The molecule has 4 rings (SSSR count). The van der Waals surface area contributed by atoms with Crippen LogP contribution in [-0.4, -0.2) is 27.7 Å². The third-order valence-electron chi connectivity index (χ3n) is 5.36. The number of hydrogen-bond donors (Lipinski definition) is 2. The maximum Gasteiger partial charge on any atom is 0.271 e. The highest BCUT2D eigenvalue weighted by atomic mass is 32.1. The molecule has 7 nitrogen and oxygen atoms in total. The molecule has 2 aromatic heterocycles. The summed E-state index contributed by atoms with van der Waals surface area (Å²) < 4.78 is 29.0. The van der Waals surface area contributed by atoms with E-state index in [1.54, 1.807) is 32.3 Å². The van der Waals surface area contributed by atoms with E-state index < -0.39 is 23.2 Å². The number of rotatable bonds is 7. The summed E-state index contributed by atoms with van der Waals surface area (Å²) in [4.78, 5) is 30.2. The lowest BCUT2D eigenvalue weighted by Gasteiger charge is -2.14. The molecular formula is C24H21F2N5O2S. The Kier molecular flexibility index (Phi) is 6.62. The van der Waals surface area contributed by atoms with E-state index in [4.69, 9.17) is 5.73 Å². The van der Waals surface area contributed by atoms with Crippen LogP contribution in [0.2, 0.25) is 0 Å². The molecule has 4 aromatic rings. The van der Waals surface area contributed by atoms with Crippen molar-refractivity contribution >= 4 is 17.2 Å². The van der Waals surface area contributed by atoms with Crippen molar-refractivity contribution in [2.24, 2.45) is 5.73 Å². The van der Waals surface area contributed by atoms with Crippen molar-refractivity contribution in [2.45, 2.75) is 19.4 Å². The van der Waals surface area contributed by atoms with Crippen molar-refractivity contribution in [1.29, 1.82) is 0 Å². The molecule has 1 unspecified atom stereocenters. The summed E-state index contributed by atoms with van der Waals surface area (Å²) in [6.45, 7) is 2.32. The van der Waals surface area contributed by atoms with Gasteiger partial charge >= 0.3 is 0 Å². The quantitative estimate of drug-likeness (QED) is 0.420. The van der Waals surface area contributed by atoms with E-state index in [1.165, 1.54) is 47.7 Å². The van der Waals surface area contributed by atoms with E-state index in [1.807, 2.05) is 0 Å². The molecule has 1 amide bonds. The molecule has 2 heterocycles. The van der Waals surface area contributed by atoms with Crippen LogP contribution in [0.1, 0.15) is 39.3 Å². The van der Waals surface area contributed by atoms with Gasteiger partial charge in [0, 0.05) is 35.2 Å². The molecule has 0 fully saturated rings. The number of hydrogen-bond acceptors (Lipinski definition) is 6. The monoisotopic (exact) mass is 481 g/mol. The van der Waals surface area contributed by atoms with Gasteiger partial charge in [-0.3, -0.25) is 9.59 Å². The minimum Gasteiger partial charge on any atom is -0.364 e. The van der Waals surface area contributed by atoms with Crippen LogP contribution in [0.5, 0.6) is 0 Å². The minimum atomic E-state index is -0.849. The summed E-state index contributed by atoms with van der Waals surface area (Å²) in [6, 6.07) is 11.4. The predicted octanol–water partition coefficient (Wildman–Crippen LogP) is 3.60. The summed E-state index contributed by atoms with van der Waals surface area (Å²) in [5, 5.41) is 7.73. The van der Waals surface area contributed by atoms with Gasteiger partial charge in [0.1, 0.15) is 22.3 Å². The molecule has 174 valence electrons. The van der Waals surface area contributed by atoms with Gasteiger partial charge in [-0.15, -0.1) is 11.3 Å². The number of primary amides is 1. The number of nitrogens with zero attached hydrogens (tertiary/aromatic N) is 3. The van der Waals surface area contributed by atoms with Gasteiger partial charge in [0.2, 0.25) is 0 Å². The van der Waals surface area contributed by atoms with Crippen LogP contribution < -0.4 is 16.6 Å². The number of thiazole rings is 1. The van der Waals surface area contributed by atoms with Crippen molar-refractivity contribution in [1.82, 2.24) is 20.1 Å². The molecule has 0 spiro atoms. The lowest BCUT2D eigenvalue weighted by molar-refractivity contribution is 0.0992. The number of amides is 1. The molecule has 0 bridgehead atoms. The summed E-state index contributed by atoms with van der Waals surface area (Å²) >= 11 is 1.31. The zero-order chi connectivity index (χ0) is 24.4. The van der Waals surface area contributed by atoms with Gasteiger partial charge in [-0.05, 0) is 42.4 Å². The largest absolute Gasteiger partial charge is 0.364 e.